The Hall–Kier alpha value is -1.63. The molecule has 0 bridgehead atoms. The lowest BCUT2D eigenvalue weighted by Crippen LogP contribution is -1.95. The summed E-state index contributed by atoms with van der Waals surface area (Å²) in [6, 6.07) is 17.6. The first-order chi connectivity index (χ1) is 8.79. The predicted octanol–water partition coefficient (Wildman–Crippen LogP) is 4.04. The summed E-state index contributed by atoms with van der Waals surface area (Å²) in [6.07, 6.45) is 0. The van der Waals surface area contributed by atoms with Crippen molar-refractivity contribution in [1.29, 1.82) is 5.26 Å². The van der Waals surface area contributed by atoms with Crippen molar-refractivity contribution < 1.29 is 4.74 Å². The van der Waals surface area contributed by atoms with Crippen LogP contribution in [0.1, 0.15) is 16.7 Å². The molecule has 0 aliphatic carbocycles. The molecule has 0 aliphatic rings. The first kappa shape index (κ1) is 12.8. The van der Waals surface area contributed by atoms with Crippen LogP contribution in [-0.4, -0.2) is 0 Å². The quantitative estimate of drug-likeness (QED) is 0.854. The zero-order chi connectivity index (χ0) is 12.8. The minimum absolute atomic E-state index is 0.511. The molecule has 0 radical (unpaired) electrons. The summed E-state index contributed by atoms with van der Waals surface area (Å²) in [5.41, 5.74) is 2.80. The molecular weight excluding hydrogens is 290 g/mol. The van der Waals surface area contributed by atoms with Crippen molar-refractivity contribution in [2.24, 2.45) is 0 Å². The van der Waals surface area contributed by atoms with Gasteiger partial charge in [0.25, 0.3) is 0 Å². The highest BCUT2D eigenvalue weighted by Gasteiger charge is 2.00. The highest BCUT2D eigenvalue weighted by Crippen LogP contribution is 2.17. The van der Waals surface area contributed by atoms with Crippen molar-refractivity contribution >= 4 is 15.9 Å². The van der Waals surface area contributed by atoms with Crippen LogP contribution in [0.2, 0.25) is 0 Å². The Kier molecular flexibility index (Phi) is 4.52. The fourth-order valence-electron chi connectivity index (χ4n) is 1.62. The standard InChI is InChI=1S/C15H12BrNO/c16-15-7-2-1-6-14(15)11-18-10-13-5-3-4-12(8-13)9-17/h1-8H,10-11H2. The van der Waals surface area contributed by atoms with Gasteiger partial charge in [0.05, 0.1) is 24.8 Å². The zero-order valence-corrected chi connectivity index (χ0v) is 11.4. The first-order valence-electron chi connectivity index (χ1n) is 5.60. The number of hydrogen-bond donors (Lipinski definition) is 0. The Bertz CT molecular complexity index is 575. The van der Waals surface area contributed by atoms with Gasteiger partial charge in [0.2, 0.25) is 0 Å². The number of halogens is 1. The minimum Gasteiger partial charge on any atom is -0.372 e. The number of nitriles is 1. The topological polar surface area (TPSA) is 33.0 Å². The average Bonchev–Trinajstić information content (AvgIpc) is 2.41. The Labute approximate surface area is 115 Å². The second-order valence-corrected chi connectivity index (χ2v) is 4.75. The van der Waals surface area contributed by atoms with E-state index in [0.717, 1.165) is 15.6 Å². The Morgan fingerprint density at radius 3 is 2.67 bits per heavy atom. The molecule has 2 rings (SSSR count). The molecule has 0 spiro atoms. The highest BCUT2D eigenvalue weighted by atomic mass is 79.9. The van der Waals surface area contributed by atoms with Gasteiger partial charge >= 0.3 is 0 Å². The molecule has 2 aromatic rings. The maximum absolute atomic E-state index is 8.80. The molecule has 90 valence electrons. The number of benzene rings is 2. The zero-order valence-electron chi connectivity index (χ0n) is 9.77. The van der Waals surface area contributed by atoms with Crippen LogP contribution in [0.5, 0.6) is 0 Å². The maximum atomic E-state index is 8.80. The van der Waals surface area contributed by atoms with Crippen molar-refractivity contribution in [2.75, 3.05) is 0 Å². The molecule has 0 aromatic heterocycles. The summed E-state index contributed by atoms with van der Waals surface area (Å²) < 4.78 is 6.70. The third-order valence-corrected chi connectivity index (χ3v) is 3.31. The smallest absolute Gasteiger partial charge is 0.0991 e. The Morgan fingerprint density at radius 2 is 1.89 bits per heavy atom. The molecule has 0 unspecified atom stereocenters. The van der Waals surface area contributed by atoms with E-state index >= 15 is 0 Å². The lowest BCUT2D eigenvalue weighted by atomic mass is 10.1. The average molecular weight is 302 g/mol. The third-order valence-electron chi connectivity index (χ3n) is 2.54. The van der Waals surface area contributed by atoms with E-state index in [2.05, 4.69) is 22.0 Å². The first-order valence-corrected chi connectivity index (χ1v) is 6.39. The van der Waals surface area contributed by atoms with Crippen molar-refractivity contribution in [3.05, 3.63) is 69.7 Å². The van der Waals surface area contributed by atoms with E-state index in [-0.39, 0.29) is 0 Å². The molecule has 2 aromatic carbocycles. The molecule has 0 amide bonds. The summed E-state index contributed by atoms with van der Waals surface area (Å²) in [4.78, 5) is 0. The normalized spacial score (nSPS) is 10.0. The minimum atomic E-state index is 0.511. The van der Waals surface area contributed by atoms with E-state index in [1.807, 2.05) is 42.5 Å². The molecular formula is C15H12BrNO. The van der Waals surface area contributed by atoms with E-state index in [0.29, 0.717) is 18.8 Å². The van der Waals surface area contributed by atoms with Crippen LogP contribution in [0.25, 0.3) is 0 Å². The molecule has 3 heteroatoms. The van der Waals surface area contributed by atoms with Gasteiger partial charge in [0, 0.05) is 4.47 Å². The van der Waals surface area contributed by atoms with Gasteiger partial charge in [-0.2, -0.15) is 5.26 Å². The number of rotatable bonds is 4. The van der Waals surface area contributed by atoms with Crippen LogP contribution in [0.15, 0.2) is 53.0 Å². The number of nitrogens with zero attached hydrogens (tertiary/aromatic N) is 1. The summed E-state index contributed by atoms with van der Waals surface area (Å²) in [6.45, 7) is 1.06. The van der Waals surface area contributed by atoms with Crippen molar-refractivity contribution in [2.45, 2.75) is 13.2 Å². The van der Waals surface area contributed by atoms with E-state index in [9.17, 15) is 0 Å². The van der Waals surface area contributed by atoms with E-state index < -0.39 is 0 Å². The second-order valence-electron chi connectivity index (χ2n) is 3.90. The van der Waals surface area contributed by atoms with Gasteiger partial charge in [-0.3, -0.25) is 0 Å². The van der Waals surface area contributed by atoms with Gasteiger partial charge in [-0.1, -0.05) is 46.3 Å². The SMILES string of the molecule is N#Cc1cccc(COCc2ccccc2Br)c1. The monoisotopic (exact) mass is 301 g/mol. The van der Waals surface area contributed by atoms with Crippen LogP contribution < -0.4 is 0 Å². The van der Waals surface area contributed by atoms with Gasteiger partial charge in [0.1, 0.15) is 0 Å². The summed E-state index contributed by atoms with van der Waals surface area (Å²) in [5.74, 6) is 0. The van der Waals surface area contributed by atoms with E-state index in [1.54, 1.807) is 6.07 Å². The van der Waals surface area contributed by atoms with Gasteiger partial charge < -0.3 is 4.74 Å². The summed E-state index contributed by atoms with van der Waals surface area (Å²) in [7, 11) is 0. The Morgan fingerprint density at radius 1 is 1.06 bits per heavy atom. The number of hydrogen-bond acceptors (Lipinski definition) is 2. The molecule has 0 saturated carbocycles. The van der Waals surface area contributed by atoms with Crippen LogP contribution in [0.3, 0.4) is 0 Å². The lowest BCUT2D eigenvalue weighted by Gasteiger charge is -2.06. The maximum Gasteiger partial charge on any atom is 0.0991 e. The van der Waals surface area contributed by atoms with E-state index in [4.69, 9.17) is 10.00 Å². The molecule has 0 aliphatic heterocycles. The molecule has 0 saturated heterocycles. The van der Waals surface area contributed by atoms with Gasteiger partial charge in [-0.15, -0.1) is 0 Å². The highest BCUT2D eigenvalue weighted by molar-refractivity contribution is 9.10. The predicted molar refractivity (Wildman–Crippen MR) is 73.8 cm³/mol. The van der Waals surface area contributed by atoms with E-state index in [1.165, 1.54) is 0 Å². The fourth-order valence-corrected chi connectivity index (χ4v) is 2.02. The Balaban J connectivity index is 1.93. The van der Waals surface area contributed by atoms with Crippen LogP contribution in [0.4, 0.5) is 0 Å². The van der Waals surface area contributed by atoms with Crippen molar-refractivity contribution in [3.8, 4) is 6.07 Å². The van der Waals surface area contributed by atoms with Crippen LogP contribution in [0, 0.1) is 11.3 Å². The van der Waals surface area contributed by atoms with Gasteiger partial charge in [-0.05, 0) is 29.3 Å². The lowest BCUT2D eigenvalue weighted by molar-refractivity contribution is 0.107. The molecule has 0 atom stereocenters. The molecule has 18 heavy (non-hydrogen) atoms. The summed E-state index contributed by atoms with van der Waals surface area (Å²) >= 11 is 3.48. The van der Waals surface area contributed by atoms with Crippen LogP contribution >= 0.6 is 15.9 Å². The third kappa shape index (κ3) is 3.43. The summed E-state index contributed by atoms with van der Waals surface area (Å²) in [5, 5.41) is 8.80. The van der Waals surface area contributed by atoms with Crippen LogP contribution in [-0.2, 0) is 18.0 Å². The molecule has 0 fully saturated rings. The molecule has 0 heterocycles. The molecule has 0 N–H and O–H groups in total. The van der Waals surface area contributed by atoms with Crippen molar-refractivity contribution in [1.82, 2.24) is 0 Å². The van der Waals surface area contributed by atoms with Crippen molar-refractivity contribution in [3.63, 3.8) is 0 Å². The van der Waals surface area contributed by atoms with Gasteiger partial charge in [0.15, 0.2) is 0 Å². The number of ether oxygens (including phenoxy) is 1. The molecule has 2 nitrogen and oxygen atoms in total. The van der Waals surface area contributed by atoms with Gasteiger partial charge in [-0.25, -0.2) is 0 Å². The fraction of sp³-hybridized carbons (Fsp3) is 0.133. The largest absolute Gasteiger partial charge is 0.372 e. The second kappa shape index (κ2) is 6.34.